The minimum absolute atomic E-state index is 0.00760. The third-order valence-corrected chi connectivity index (χ3v) is 7.27. The fourth-order valence-electron chi connectivity index (χ4n) is 4.73. The van der Waals surface area contributed by atoms with Crippen LogP contribution in [0.15, 0.2) is 47.4 Å². The molecule has 2 aromatic carbocycles. The zero-order valence-electron chi connectivity index (χ0n) is 20.8. The number of methoxy groups -OCH3 is 1. The average Bonchev–Trinajstić information content (AvgIpc) is 2.87. The smallest absolute Gasteiger partial charge is 0.272 e. The first kappa shape index (κ1) is 24.2. The van der Waals surface area contributed by atoms with Crippen molar-refractivity contribution in [3.63, 3.8) is 0 Å². The summed E-state index contributed by atoms with van der Waals surface area (Å²) in [6, 6.07) is 12.9. The fourth-order valence-corrected chi connectivity index (χ4v) is 5.29. The van der Waals surface area contributed by atoms with Gasteiger partial charge in [-0.3, -0.25) is 9.59 Å². The number of hydrogen-bond acceptors (Lipinski definition) is 7. The quantitative estimate of drug-likeness (QED) is 0.508. The summed E-state index contributed by atoms with van der Waals surface area (Å²) < 4.78 is 17.6. The number of para-hydroxylation sites is 1. The van der Waals surface area contributed by atoms with Gasteiger partial charge in [0.1, 0.15) is 22.9 Å². The van der Waals surface area contributed by atoms with E-state index in [2.05, 4.69) is 5.32 Å². The molecule has 0 aliphatic carbocycles. The number of amides is 2. The molecule has 3 aromatic rings. The summed E-state index contributed by atoms with van der Waals surface area (Å²) in [5.41, 5.74) is 0.700. The van der Waals surface area contributed by atoms with E-state index in [1.807, 2.05) is 44.4 Å². The zero-order valence-corrected chi connectivity index (χ0v) is 21.6. The van der Waals surface area contributed by atoms with Gasteiger partial charge in [0.25, 0.3) is 11.8 Å². The van der Waals surface area contributed by atoms with Gasteiger partial charge in [0.05, 0.1) is 24.3 Å². The van der Waals surface area contributed by atoms with Crippen molar-refractivity contribution < 1.29 is 23.8 Å². The summed E-state index contributed by atoms with van der Waals surface area (Å²) >= 11 is 1.58. The van der Waals surface area contributed by atoms with Gasteiger partial charge in [0.2, 0.25) is 0 Å². The molecule has 8 nitrogen and oxygen atoms in total. The summed E-state index contributed by atoms with van der Waals surface area (Å²) in [4.78, 5) is 33.8. The largest absolute Gasteiger partial charge is 0.496 e. The van der Waals surface area contributed by atoms with Crippen LogP contribution in [0.1, 0.15) is 47.5 Å². The molecule has 36 heavy (non-hydrogen) atoms. The van der Waals surface area contributed by atoms with Gasteiger partial charge in [-0.2, -0.15) is 0 Å². The van der Waals surface area contributed by atoms with Crippen LogP contribution in [0.4, 0.5) is 0 Å². The highest BCUT2D eigenvalue weighted by Crippen LogP contribution is 2.36. The van der Waals surface area contributed by atoms with Crippen molar-refractivity contribution in [1.29, 1.82) is 0 Å². The molecule has 1 saturated heterocycles. The van der Waals surface area contributed by atoms with E-state index >= 15 is 0 Å². The number of likely N-dealkylation sites (tertiary alicyclic amines) is 1. The van der Waals surface area contributed by atoms with E-state index in [1.54, 1.807) is 42.0 Å². The predicted octanol–water partition coefficient (Wildman–Crippen LogP) is 4.51. The number of nitrogens with one attached hydrogen (secondary N) is 1. The first-order chi connectivity index (χ1) is 17.3. The van der Waals surface area contributed by atoms with E-state index in [0.717, 1.165) is 15.8 Å². The highest BCUT2D eigenvalue weighted by molar-refractivity contribution is 7.98. The Morgan fingerprint density at radius 1 is 1.19 bits per heavy atom. The minimum Gasteiger partial charge on any atom is -0.496 e. The normalized spacial score (nSPS) is 16.5. The second-order valence-electron chi connectivity index (χ2n) is 9.23. The predicted molar refractivity (Wildman–Crippen MR) is 138 cm³/mol. The van der Waals surface area contributed by atoms with Gasteiger partial charge in [-0.05, 0) is 50.4 Å². The van der Waals surface area contributed by atoms with Crippen LogP contribution >= 0.6 is 11.8 Å². The molecule has 1 aromatic heterocycles. The van der Waals surface area contributed by atoms with Crippen molar-refractivity contribution in [3.05, 3.63) is 53.7 Å². The van der Waals surface area contributed by atoms with E-state index in [4.69, 9.17) is 19.2 Å². The molecule has 188 valence electrons. The lowest BCUT2D eigenvalue weighted by Crippen LogP contribution is -2.61. The van der Waals surface area contributed by atoms with Crippen LogP contribution in [0.5, 0.6) is 17.2 Å². The summed E-state index contributed by atoms with van der Waals surface area (Å²) in [7, 11) is 1.60. The van der Waals surface area contributed by atoms with E-state index in [9.17, 15) is 9.59 Å². The Hall–Kier alpha value is -3.46. The SMILES string of the molecule is COc1cc(C(=O)N2CCC3(CC2)NC(=O)c2cc(OC(C)C)ccc2O3)nc2c(SC)cccc12. The number of carbonyl (C=O) groups is 2. The lowest BCUT2D eigenvalue weighted by Gasteiger charge is -2.44. The molecule has 0 unspecified atom stereocenters. The van der Waals surface area contributed by atoms with Crippen LogP contribution in [0.25, 0.3) is 10.9 Å². The molecule has 2 amide bonds. The van der Waals surface area contributed by atoms with Gasteiger partial charge >= 0.3 is 0 Å². The highest BCUT2D eigenvalue weighted by atomic mass is 32.2. The molecule has 3 heterocycles. The van der Waals surface area contributed by atoms with Gasteiger partial charge in [-0.1, -0.05) is 6.07 Å². The summed E-state index contributed by atoms with van der Waals surface area (Å²) in [6.07, 6.45) is 2.92. The molecule has 1 N–H and O–H groups in total. The van der Waals surface area contributed by atoms with Gasteiger partial charge in [-0.25, -0.2) is 4.98 Å². The Kier molecular flexibility index (Phi) is 6.42. The number of rotatable bonds is 5. The molecule has 2 aliphatic rings. The zero-order chi connectivity index (χ0) is 25.4. The monoisotopic (exact) mass is 507 g/mol. The number of thioether (sulfide) groups is 1. The number of nitrogens with zero attached hydrogens (tertiary/aromatic N) is 2. The van der Waals surface area contributed by atoms with Crippen LogP contribution in [-0.2, 0) is 0 Å². The molecular formula is C27H29N3O5S. The molecule has 2 aliphatic heterocycles. The van der Waals surface area contributed by atoms with Crippen LogP contribution < -0.4 is 19.5 Å². The van der Waals surface area contributed by atoms with Crippen molar-refractivity contribution in [3.8, 4) is 17.2 Å². The summed E-state index contributed by atoms with van der Waals surface area (Å²) in [5, 5.41) is 3.90. The fraction of sp³-hybridized carbons (Fsp3) is 0.370. The molecule has 0 saturated carbocycles. The number of benzene rings is 2. The van der Waals surface area contributed by atoms with Crippen LogP contribution in [0.3, 0.4) is 0 Å². The van der Waals surface area contributed by atoms with Crippen LogP contribution in [0.2, 0.25) is 0 Å². The number of carbonyl (C=O) groups excluding carboxylic acids is 2. The van der Waals surface area contributed by atoms with Crippen molar-refractivity contribution in [1.82, 2.24) is 15.2 Å². The van der Waals surface area contributed by atoms with Gasteiger partial charge in [-0.15, -0.1) is 11.8 Å². The van der Waals surface area contributed by atoms with E-state index in [-0.39, 0.29) is 17.9 Å². The van der Waals surface area contributed by atoms with Crippen LogP contribution in [-0.4, -0.2) is 60.0 Å². The Balaban J connectivity index is 1.34. The number of aromatic nitrogens is 1. The second-order valence-corrected chi connectivity index (χ2v) is 10.1. The minimum atomic E-state index is -0.845. The number of hydrogen-bond donors (Lipinski definition) is 1. The lowest BCUT2D eigenvalue weighted by molar-refractivity contribution is -0.0247. The van der Waals surface area contributed by atoms with Gasteiger partial charge in [0, 0.05) is 42.3 Å². The Labute approximate surface area is 214 Å². The number of ether oxygens (including phenoxy) is 3. The Bertz CT molecular complexity index is 1330. The van der Waals surface area contributed by atoms with Crippen molar-refractivity contribution in [2.24, 2.45) is 0 Å². The third-order valence-electron chi connectivity index (χ3n) is 6.50. The van der Waals surface area contributed by atoms with E-state index in [1.165, 1.54) is 0 Å². The topological polar surface area (TPSA) is 90.0 Å². The number of fused-ring (bicyclic) bond motifs is 2. The maximum Gasteiger partial charge on any atom is 0.272 e. The summed E-state index contributed by atoms with van der Waals surface area (Å²) in [5.74, 6) is 1.41. The van der Waals surface area contributed by atoms with Crippen molar-refractivity contribution >= 4 is 34.5 Å². The number of piperidine rings is 1. The molecular weight excluding hydrogens is 478 g/mol. The van der Waals surface area contributed by atoms with Crippen molar-refractivity contribution in [2.75, 3.05) is 26.5 Å². The molecule has 1 spiro atoms. The lowest BCUT2D eigenvalue weighted by atomic mass is 9.96. The number of pyridine rings is 1. The first-order valence-electron chi connectivity index (χ1n) is 12.0. The third kappa shape index (κ3) is 4.43. The molecule has 5 rings (SSSR count). The maximum atomic E-state index is 13.4. The molecule has 0 radical (unpaired) electrons. The molecule has 9 heteroatoms. The maximum absolute atomic E-state index is 13.4. The van der Waals surface area contributed by atoms with Crippen LogP contribution in [0, 0.1) is 0 Å². The van der Waals surface area contributed by atoms with Gasteiger partial charge < -0.3 is 24.4 Å². The van der Waals surface area contributed by atoms with E-state index < -0.39 is 5.72 Å². The second kappa shape index (κ2) is 9.54. The molecule has 0 atom stereocenters. The standard InChI is InChI=1S/C27H29N3O5S/c1-16(2)34-17-8-9-21-19(14-17)25(31)29-27(35-21)10-12-30(13-11-27)26(32)20-15-22(33-3)18-6-5-7-23(36-4)24(18)28-20/h5-9,14-16H,10-13H2,1-4H3,(H,29,31). The van der Waals surface area contributed by atoms with Gasteiger partial charge in [0.15, 0.2) is 5.72 Å². The first-order valence-corrected chi connectivity index (χ1v) is 13.2. The van der Waals surface area contributed by atoms with E-state index in [0.29, 0.717) is 54.4 Å². The summed E-state index contributed by atoms with van der Waals surface area (Å²) in [6.45, 7) is 4.72. The molecule has 0 bridgehead atoms. The highest BCUT2D eigenvalue weighted by Gasteiger charge is 2.43. The van der Waals surface area contributed by atoms with Crippen molar-refractivity contribution in [2.45, 2.75) is 43.4 Å². The Morgan fingerprint density at radius 2 is 1.97 bits per heavy atom. The Morgan fingerprint density at radius 3 is 2.67 bits per heavy atom. The average molecular weight is 508 g/mol. The molecule has 1 fully saturated rings.